The highest BCUT2D eigenvalue weighted by Crippen LogP contribution is 2.46. The SMILES string of the molecule is Fc1ccc(-c2ccc(C(c3ccccc3)(c3ccc(F)cc3)c3ccc(-c4ccccc4)cc3)cc2)cc1. The van der Waals surface area contributed by atoms with E-state index < -0.39 is 5.41 Å². The lowest BCUT2D eigenvalue weighted by atomic mass is 9.65. The van der Waals surface area contributed by atoms with Gasteiger partial charge in [-0.05, 0) is 68.8 Å². The van der Waals surface area contributed by atoms with Gasteiger partial charge in [-0.15, -0.1) is 0 Å². The molecule has 0 heterocycles. The predicted octanol–water partition coefficient (Wildman–Crippen LogP) is 9.68. The molecule has 1 atom stereocenters. The summed E-state index contributed by atoms with van der Waals surface area (Å²) < 4.78 is 27.7. The van der Waals surface area contributed by atoms with E-state index in [4.69, 9.17) is 0 Å². The largest absolute Gasteiger partial charge is 0.207 e. The van der Waals surface area contributed by atoms with Crippen LogP contribution in [0.15, 0.2) is 158 Å². The molecule has 39 heavy (non-hydrogen) atoms. The first-order valence-corrected chi connectivity index (χ1v) is 13.0. The van der Waals surface area contributed by atoms with Gasteiger partial charge in [-0.3, -0.25) is 0 Å². The van der Waals surface area contributed by atoms with Gasteiger partial charge in [-0.25, -0.2) is 8.78 Å². The van der Waals surface area contributed by atoms with E-state index in [9.17, 15) is 8.78 Å². The third-order valence-corrected chi connectivity index (χ3v) is 7.40. The first-order chi connectivity index (χ1) is 19.1. The molecular weight excluding hydrogens is 482 g/mol. The summed E-state index contributed by atoms with van der Waals surface area (Å²) in [6.45, 7) is 0. The van der Waals surface area contributed by atoms with Crippen LogP contribution in [-0.4, -0.2) is 0 Å². The zero-order valence-electron chi connectivity index (χ0n) is 21.3. The first kappa shape index (κ1) is 24.5. The van der Waals surface area contributed by atoms with Gasteiger partial charge >= 0.3 is 0 Å². The summed E-state index contributed by atoms with van der Waals surface area (Å²) in [6, 6.07) is 51.0. The van der Waals surface area contributed by atoms with Gasteiger partial charge in [0.1, 0.15) is 11.6 Å². The topological polar surface area (TPSA) is 0 Å². The van der Waals surface area contributed by atoms with Crippen molar-refractivity contribution in [3.8, 4) is 22.3 Å². The maximum absolute atomic E-state index is 14.2. The number of halogens is 2. The van der Waals surface area contributed by atoms with Gasteiger partial charge in [0.05, 0.1) is 5.41 Å². The molecule has 0 radical (unpaired) electrons. The fourth-order valence-electron chi connectivity index (χ4n) is 5.49. The van der Waals surface area contributed by atoms with Crippen LogP contribution in [0, 0.1) is 11.6 Å². The fourth-order valence-corrected chi connectivity index (χ4v) is 5.49. The second kappa shape index (κ2) is 10.5. The fraction of sp³-hybridized carbons (Fsp3) is 0.0270. The molecule has 6 aromatic rings. The van der Waals surface area contributed by atoms with Gasteiger partial charge in [0.25, 0.3) is 0 Å². The number of benzene rings is 6. The third kappa shape index (κ3) is 4.66. The molecule has 0 aliphatic heterocycles. The highest BCUT2D eigenvalue weighted by Gasteiger charge is 2.38. The smallest absolute Gasteiger partial charge is 0.123 e. The Kier molecular flexibility index (Phi) is 6.61. The lowest BCUT2D eigenvalue weighted by molar-refractivity contribution is 0.624. The van der Waals surface area contributed by atoms with Gasteiger partial charge in [-0.1, -0.05) is 133 Å². The average Bonchev–Trinajstić information content (AvgIpc) is 3.00. The van der Waals surface area contributed by atoms with Gasteiger partial charge < -0.3 is 0 Å². The van der Waals surface area contributed by atoms with Crippen LogP contribution in [0.1, 0.15) is 22.3 Å². The summed E-state index contributed by atoms with van der Waals surface area (Å²) >= 11 is 0. The van der Waals surface area contributed by atoms with Crippen LogP contribution >= 0.6 is 0 Å². The maximum Gasteiger partial charge on any atom is 0.123 e. The van der Waals surface area contributed by atoms with E-state index in [2.05, 4.69) is 72.8 Å². The summed E-state index contributed by atoms with van der Waals surface area (Å²) in [4.78, 5) is 0. The lowest BCUT2D eigenvalue weighted by Gasteiger charge is -2.37. The Morgan fingerprint density at radius 3 is 1.00 bits per heavy atom. The van der Waals surface area contributed by atoms with Crippen LogP contribution in [0.5, 0.6) is 0 Å². The molecular formula is C37H26F2. The molecule has 6 rings (SSSR count). The van der Waals surface area contributed by atoms with Crippen molar-refractivity contribution >= 4 is 0 Å². The standard InChI is InChI=1S/C37H26F2/c38-35-23-15-30(16-24-35)29-13-19-33(20-14-29)37(31-9-5-2-6-10-31,34-21-25-36(39)26-22-34)32-17-11-28(12-18-32)27-7-3-1-4-8-27/h1-26H. The molecule has 0 aliphatic carbocycles. The molecule has 0 N–H and O–H groups in total. The lowest BCUT2D eigenvalue weighted by Crippen LogP contribution is -2.31. The van der Waals surface area contributed by atoms with E-state index in [1.165, 1.54) is 24.3 Å². The van der Waals surface area contributed by atoms with Crippen molar-refractivity contribution < 1.29 is 8.78 Å². The van der Waals surface area contributed by atoms with Crippen LogP contribution in [0.4, 0.5) is 8.78 Å². The minimum atomic E-state index is -0.689. The van der Waals surface area contributed by atoms with Crippen molar-refractivity contribution in [2.75, 3.05) is 0 Å². The molecule has 188 valence electrons. The van der Waals surface area contributed by atoms with Crippen molar-refractivity contribution in [1.82, 2.24) is 0 Å². The zero-order valence-corrected chi connectivity index (χ0v) is 21.3. The zero-order chi connectivity index (χ0) is 26.7. The van der Waals surface area contributed by atoms with Crippen LogP contribution in [0.25, 0.3) is 22.3 Å². The molecule has 6 aromatic carbocycles. The Hall–Kier alpha value is -4.82. The second-order valence-corrected chi connectivity index (χ2v) is 9.65. The quantitative estimate of drug-likeness (QED) is 0.196. The predicted molar refractivity (Wildman–Crippen MR) is 156 cm³/mol. The maximum atomic E-state index is 14.2. The monoisotopic (exact) mass is 508 g/mol. The third-order valence-electron chi connectivity index (χ3n) is 7.40. The summed E-state index contributed by atoms with van der Waals surface area (Å²) in [5.41, 5.74) is 7.73. The normalized spacial score (nSPS) is 12.6. The highest BCUT2D eigenvalue weighted by molar-refractivity contribution is 5.69. The molecule has 0 spiro atoms. The van der Waals surface area contributed by atoms with Crippen molar-refractivity contribution in [2.45, 2.75) is 5.41 Å². The van der Waals surface area contributed by atoms with Crippen LogP contribution in [0.2, 0.25) is 0 Å². The molecule has 0 fully saturated rings. The summed E-state index contributed by atoms with van der Waals surface area (Å²) in [7, 11) is 0. The Bertz CT molecular complexity index is 1650. The van der Waals surface area contributed by atoms with E-state index in [1.807, 2.05) is 48.5 Å². The minimum Gasteiger partial charge on any atom is -0.207 e. The first-order valence-electron chi connectivity index (χ1n) is 13.0. The molecule has 0 saturated heterocycles. The average molecular weight is 509 g/mol. The van der Waals surface area contributed by atoms with Crippen molar-refractivity contribution in [3.05, 3.63) is 192 Å². The molecule has 0 saturated carbocycles. The Balaban J connectivity index is 1.57. The molecule has 0 nitrogen and oxygen atoms in total. The van der Waals surface area contributed by atoms with E-state index in [-0.39, 0.29) is 11.6 Å². The summed E-state index contributed by atoms with van der Waals surface area (Å²) in [6.07, 6.45) is 0. The van der Waals surface area contributed by atoms with Gasteiger partial charge in [-0.2, -0.15) is 0 Å². The van der Waals surface area contributed by atoms with Gasteiger partial charge in [0.15, 0.2) is 0 Å². The number of hydrogen-bond donors (Lipinski definition) is 0. The Morgan fingerprint density at radius 1 is 0.282 bits per heavy atom. The molecule has 1 unspecified atom stereocenters. The van der Waals surface area contributed by atoms with Crippen molar-refractivity contribution in [3.63, 3.8) is 0 Å². The second-order valence-electron chi connectivity index (χ2n) is 9.65. The molecule has 2 heteroatoms. The molecule has 0 aliphatic rings. The molecule has 0 bridgehead atoms. The van der Waals surface area contributed by atoms with Crippen LogP contribution < -0.4 is 0 Å². The highest BCUT2D eigenvalue weighted by atomic mass is 19.1. The van der Waals surface area contributed by atoms with Gasteiger partial charge in [0, 0.05) is 0 Å². The van der Waals surface area contributed by atoms with Crippen molar-refractivity contribution in [1.29, 1.82) is 0 Å². The van der Waals surface area contributed by atoms with E-state index >= 15 is 0 Å². The molecule has 0 aromatic heterocycles. The van der Waals surface area contributed by atoms with Crippen molar-refractivity contribution in [2.24, 2.45) is 0 Å². The Labute approximate surface area is 227 Å². The van der Waals surface area contributed by atoms with E-state index in [0.29, 0.717) is 0 Å². The Morgan fingerprint density at radius 2 is 0.564 bits per heavy atom. The summed E-state index contributed by atoms with van der Waals surface area (Å²) in [5, 5.41) is 0. The van der Waals surface area contributed by atoms with Gasteiger partial charge in [0.2, 0.25) is 0 Å². The summed E-state index contributed by atoms with van der Waals surface area (Å²) in [5.74, 6) is -0.527. The van der Waals surface area contributed by atoms with E-state index in [0.717, 1.165) is 44.5 Å². The molecule has 0 amide bonds. The van der Waals surface area contributed by atoms with Crippen LogP contribution in [0.3, 0.4) is 0 Å². The minimum absolute atomic E-state index is 0.256. The number of hydrogen-bond acceptors (Lipinski definition) is 0. The van der Waals surface area contributed by atoms with Crippen LogP contribution in [-0.2, 0) is 5.41 Å². The van der Waals surface area contributed by atoms with E-state index in [1.54, 1.807) is 12.1 Å². The number of rotatable bonds is 6.